The fraction of sp³-hybridized carbons (Fsp3) is 0.353. The number of ether oxygens (including phenoxy) is 1. The maximum atomic E-state index is 12.8. The molecule has 6 nitrogen and oxygen atoms in total. The first kappa shape index (κ1) is 15.4. The quantitative estimate of drug-likeness (QED) is 0.850. The maximum Gasteiger partial charge on any atom is 0.256 e. The number of fused-ring (bicyclic) bond motifs is 1. The Kier molecular flexibility index (Phi) is 4.25. The van der Waals surface area contributed by atoms with Crippen LogP contribution in [0.15, 0.2) is 41.5 Å². The van der Waals surface area contributed by atoms with Crippen molar-refractivity contribution in [3.8, 4) is 0 Å². The first-order valence-corrected chi connectivity index (χ1v) is 7.51. The fourth-order valence-corrected chi connectivity index (χ4v) is 2.88. The minimum absolute atomic E-state index is 0.0338. The van der Waals surface area contributed by atoms with Crippen LogP contribution in [0.5, 0.6) is 0 Å². The second-order valence-corrected chi connectivity index (χ2v) is 5.62. The largest absolute Gasteiger partial charge is 0.367 e. The Bertz CT molecular complexity index is 770. The molecule has 0 bridgehead atoms. The lowest BCUT2D eigenvalue weighted by Crippen LogP contribution is -2.42. The molecule has 1 unspecified atom stereocenters. The van der Waals surface area contributed by atoms with Gasteiger partial charge < -0.3 is 14.2 Å². The summed E-state index contributed by atoms with van der Waals surface area (Å²) in [6, 6.07) is 9.41. The van der Waals surface area contributed by atoms with Gasteiger partial charge in [-0.2, -0.15) is 0 Å². The molecule has 23 heavy (non-hydrogen) atoms. The molecule has 1 aliphatic heterocycles. The molecule has 1 amide bonds. The van der Waals surface area contributed by atoms with Gasteiger partial charge in [0.2, 0.25) is 0 Å². The SMILES string of the molecule is COC(C(=O)N1CCc2c(ncn(C)c2=O)C1)c1ccccc1. The fourth-order valence-electron chi connectivity index (χ4n) is 2.88. The van der Waals surface area contributed by atoms with Gasteiger partial charge in [0.05, 0.1) is 18.6 Å². The van der Waals surface area contributed by atoms with E-state index in [-0.39, 0.29) is 11.5 Å². The summed E-state index contributed by atoms with van der Waals surface area (Å²) in [4.78, 5) is 30.9. The van der Waals surface area contributed by atoms with Crippen molar-refractivity contribution in [2.24, 2.45) is 7.05 Å². The molecule has 0 N–H and O–H groups in total. The Morgan fingerprint density at radius 2 is 2.04 bits per heavy atom. The van der Waals surface area contributed by atoms with Crippen LogP contribution in [0.3, 0.4) is 0 Å². The van der Waals surface area contributed by atoms with E-state index in [9.17, 15) is 9.59 Å². The third-order valence-electron chi connectivity index (χ3n) is 4.16. The summed E-state index contributed by atoms with van der Waals surface area (Å²) in [5, 5.41) is 0. The Labute approximate surface area is 134 Å². The number of rotatable bonds is 3. The first-order chi connectivity index (χ1) is 11.1. The predicted octanol–water partition coefficient (Wildman–Crippen LogP) is 1.05. The predicted molar refractivity (Wildman–Crippen MR) is 84.8 cm³/mol. The average molecular weight is 313 g/mol. The molecular weight excluding hydrogens is 294 g/mol. The number of hydrogen-bond acceptors (Lipinski definition) is 4. The van der Waals surface area contributed by atoms with E-state index in [1.54, 1.807) is 11.9 Å². The van der Waals surface area contributed by atoms with Gasteiger partial charge >= 0.3 is 0 Å². The van der Waals surface area contributed by atoms with Crippen molar-refractivity contribution >= 4 is 5.91 Å². The summed E-state index contributed by atoms with van der Waals surface area (Å²) in [5.74, 6) is -0.105. The topological polar surface area (TPSA) is 64.4 Å². The summed E-state index contributed by atoms with van der Waals surface area (Å²) < 4.78 is 6.88. The van der Waals surface area contributed by atoms with E-state index < -0.39 is 6.10 Å². The molecule has 0 radical (unpaired) electrons. The lowest BCUT2D eigenvalue weighted by molar-refractivity contribution is -0.143. The number of aromatic nitrogens is 2. The van der Waals surface area contributed by atoms with Crippen molar-refractivity contribution in [1.82, 2.24) is 14.5 Å². The van der Waals surface area contributed by atoms with Crippen molar-refractivity contribution in [1.29, 1.82) is 0 Å². The van der Waals surface area contributed by atoms with Crippen LogP contribution in [-0.2, 0) is 29.5 Å². The van der Waals surface area contributed by atoms with E-state index in [2.05, 4.69) is 4.98 Å². The summed E-state index contributed by atoms with van der Waals surface area (Å²) in [7, 11) is 3.21. The Morgan fingerprint density at radius 3 is 2.74 bits per heavy atom. The van der Waals surface area contributed by atoms with Crippen LogP contribution >= 0.6 is 0 Å². The minimum Gasteiger partial charge on any atom is -0.367 e. The number of carbonyl (C=O) groups excluding carboxylic acids is 1. The molecule has 1 atom stereocenters. The summed E-state index contributed by atoms with van der Waals surface area (Å²) in [6.07, 6.45) is 1.39. The van der Waals surface area contributed by atoms with E-state index in [0.717, 1.165) is 5.56 Å². The van der Waals surface area contributed by atoms with Gasteiger partial charge in [-0.3, -0.25) is 9.59 Å². The van der Waals surface area contributed by atoms with Crippen molar-refractivity contribution < 1.29 is 9.53 Å². The highest BCUT2D eigenvalue weighted by molar-refractivity contribution is 5.82. The summed E-state index contributed by atoms with van der Waals surface area (Å²) in [6.45, 7) is 0.844. The first-order valence-electron chi connectivity index (χ1n) is 7.51. The molecule has 120 valence electrons. The van der Waals surface area contributed by atoms with Crippen LogP contribution in [0.4, 0.5) is 0 Å². The lowest BCUT2D eigenvalue weighted by atomic mass is 10.0. The molecule has 0 aliphatic carbocycles. The van der Waals surface area contributed by atoms with Gasteiger partial charge in [-0.25, -0.2) is 4.98 Å². The summed E-state index contributed by atoms with van der Waals surface area (Å²) in [5.41, 5.74) is 2.17. The number of aryl methyl sites for hydroxylation is 1. The van der Waals surface area contributed by atoms with Gasteiger partial charge in [0.1, 0.15) is 0 Å². The zero-order chi connectivity index (χ0) is 16.4. The van der Waals surface area contributed by atoms with E-state index in [4.69, 9.17) is 4.74 Å². The minimum atomic E-state index is -0.635. The molecule has 2 aromatic rings. The normalized spacial score (nSPS) is 15.1. The van der Waals surface area contributed by atoms with E-state index in [1.807, 2.05) is 30.3 Å². The van der Waals surface area contributed by atoms with Gasteiger partial charge in [0.15, 0.2) is 6.10 Å². The van der Waals surface area contributed by atoms with Crippen LogP contribution in [0.2, 0.25) is 0 Å². The van der Waals surface area contributed by atoms with Crippen molar-refractivity contribution in [2.75, 3.05) is 13.7 Å². The van der Waals surface area contributed by atoms with Gasteiger partial charge in [-0.1, -0.05) is 30.3 Å². The van der Waals surface area contributed by atoms with Gasteiger partial charge in [-0.05, 0) is 12.0 Å². The maximum absolute atomic E-state index is 12.8. The third kappa shape index (κ3) is 2.90. The monoisotopic (exact) mass is 313 g/mol. The molecule has 0 spiro atoms. The molecule has 0 saturated carbocycles. The van der Waals surface area contributed by atoms with E-state index in [0.29, 0.717) is 30.8 Å². The standard InChI is InChI=1S/C17H19N3O3/c1-19-11-18-14-10-20(9-8-13(14)16(19)21)17(22)15(23-2)12-6-4-3-5-7-12/h3-7,11,15H,8-10H2,1-2H3. The molecular formula is C17H19N3O3. The Morgan fingerprint density at radius 1 is 1.30 bits per heavy atom. The third-order valence-corrected chi connectivity index (χ3v) is 4.16. The molecule has 6 heteroatoms. The molecule has 1 aliphatic rings. The molecule has 0 fully saturated rings. The second-order valence-electron chi connectivity index (χ2n) is 5.62. The van der Waals surface area contributed by atoms with Gasteiger partial charge in [-0.15, -0.1) is 0 Å². The van der Waals surface area contributed by atoms with E-state index in [1.165, 1.54) is 18.0 Å². The number of hydrogen-bond donors (Lipinski definition) is 0. The van der Waals surface area contributed by atoms with Crippen molar-refractivity contribution in [2.45, 2.75) is 19.1 Å². The molecule has 3 rings (SSSR count). The molecule has 0 saturated heterocycles. The average Bonchev–Trinajstić information content (AvgIpc) is 2.59. The molecule has 1 aromatic carbocycles. The van der Waals surface area contributed by atoms with Crippen LogP contribution in [0.1, 0.15) is 22.9 Å². The van der Waals surface area contributed by atoms with Crippen molar-refractivity contribution in [3.63, 3.8) is 0 Å². The van der Waals surface area contributed by atoms with Crippen LogP contribution in [0, 0.1) is 0 Å². The zero-order valence-electron chi connectivity index (χ0n) is 13.2. The number of amides is 1. The highest BCUT2D eigenvalue weighted by Crippen LogP contribution is 2.22. The Hall–Kier alpha value is -2.47. The van der Waals surface area contributed by atoms with Crippen LogP contribution < -0.4 is 5.56 Å². The lowest BCUT2D eigenvalue weighted by Gasteiger charge is -2.30. The highest BCUT2D eigenvalue weighted by Gasteiger charge is 2.30. The molecule has 2 heterocycles. The number of nitrogens with zero attached hydrogens (tertiary/aromatic N) is 3. The second kappa shape index (κ2) is 6.34. The van der Waals surface area contributed by atoms with Crippen molar-refractivity contribution in [3.05, 3.63) is 63.8 Å². The van der Waals surface area contributed by atoms with Crippen LogP contribution in [-0.4, -0.2) is 34.0 Å². The number of benzene rings is 1. The summed E-state index contributed by atoms with van der Waals surface area (Å²) >= 11 is 0. The van der Waals surface area contributed by atoms with Crippen LogP contribution in [0.25, 0.3) is 0 Å². The highest BCUT2D eigenvalue weighted by atomic mass is 16.5. The zero-order valence-corrected chi connectivity index (χ0v) is 13.2. The number of methoxy groups -OCH3 is 1. The van der Waals surface area contributed by atoms with Gasteiger partial charge in [0, 0.05) is 26.3 Å². The van der Waals surface area contributed by atoms with Gasteiger partial charge in [0.25, 0.3) is 11.5 Å². The van der Waals surface area contributed by atoms with E-state index >= 15 is 0 Å². The molecule has 1 aromatic heterocycles. The smallest absolute Gasteiger partial charge is 0.256 e. The number of carbonyl (C=O) groups is 1. The Balaban J connectivity index is 1.84.